The molecule has 1 aliphatic rings. The molecule has 7 nitrogen and oxygen atoms in total. The third-order valence-electron chi connectivity index (χ3n) is 2.46. The van der Waals surface area contributed by atoms with Crippen LogP contribution in [0.4, 0.5) is 13.2 Å². The molecule has 1 heterocycles. The quantitative estimate of drug-likeness (QED) is 0.379. The third-order valence-corrected chi connectivity index (χ3v) is 2.46. The summed E-state index contributed by atoms with van der Waals surface area (Å²) in [6.07, 6.45) is -12.2. The summed E-state index contributed by atoms with van der Waals surface area (Å²) < 4.78 is 40.5. The number of alkyl halides is 3. The zero-order valence-corrected chi connectivity index (χ0v) is 8.83. The Morgan fingerprint density at radius 1 is 1.22 bits per heavy atom. The van der Waals surface area contributed by atoms with Crippen LogP contribution in [0.15, 0.2) is 0 Å². The van der Waals surface area contributed by atoms with Gasteiger partial charge in [-0.2, -0.15) is 13.2 Å². The number of nitrogens with one attached hydrogen (secondary N) is 1. The smallest absolute Gasteiger partial charge is 0.394 e. The fraction of sp³-hybridized carbons (Fsp3) is 0.875. The highest BCUT2D eigenvalue weighted by Crippen LogP contribution is 2.21. The summed E-state index contributed by atoms with van der Waals surface area (Å²) in [4.78, 5) is 10.6. The number of halogens is 3. The van der Waals surface area contributed by atoms with Gasteiger partial charge in [-0.15, -0.1) is 0 Å². The van der Waals surface area contributed by atoms with Crippen molar-refractivity contribution in [1.82, 2.24) is 5.32 Å². The Morgan fingerprint density at radius 3 is 2.22 bits per heavy atom. The van der Waals surface area contributed by atoms with Crippen LogP contribution < -0.4 is 5.32 Å². The number of hydrogen-bond acceptors (Lipinski definition) is 6. The first kappa shape index (κ1) is 15.1. The molecule has 5 N–H and O–H groups in total. The first-order valence-electron chi connectivity index (χ1n) is 4.86. The Labute approximate surface area is 98.8 Å². The fourth-order valence-corrected chi connectivity index (χ4v) is 1.49. The normalized spacial score (nSPS) is 37.4. The predicted molar refractivity (Wildman–Crippen MR) is 48.0 cm³/mol. The monoisotopic (exact) mass is 275 g/mol. The molecule has 1 saturated heterocycles. The van der Waals surface area contributed by atoms with Gasteiger partial charge in [0.1, 0.15) is 24.4 Å². The van der Waals surface area contributed by atoms with Crippen molar-refractivity contribution in [3.63, 3.8) is 0 Å². The molecule has 1 amide bonds. The average molecular weight is 275 g/mol. The summed E-state index contributed by atoms with van der Waals surface area (Å²) in [5.41, 5.74) is 0. The molecule has 1 rings (SSSR count). The SMILES string of the molecule is O=C(NC1[C@H](O)OC(CO)[C@H](O)[C@@H]1O)C(F)(F)F. The van der Waals surface area contributed by atoms with Gasteiger partial charge in [0.15, 0.2) is 6.29 Å². The van der Waals surface area contributed by atoms with Crippen molar-refractivity contribution < 1.29 is 43.1 Å². The molecule has 0 aromatic rings. The first-order valence-corrected chi connectivity index (χ1v) is 4.86. The zero-order valence-electron chi connectivity index (χ0n) is 8.83. The van der Waals surface area contributed by atoms with E-state index >= 15 is 0 Å². The summed E-state index contributed by atoms with van der Waals surface area (Å²) in [6.45, 7) is -0.755. The van der Waals surface area contributed by atoms with Crippen molar-refractivity contribution in [3.05, 3.63) is 0 Å². The van der Waals surface area contributed by atoms with Crippen molar-refractivity contribution in [1.29, 1.82) is 0 Å². The summed E-state index contributed by atoms with van der Waals surface area (Å²) in [5.74, 6) is -2.39. The Kier molecular flexibility index (Phi) is 4.50. The Balaban J connectivity index is 2.74. The molecule has 18 heavy (non-hydrogen) atoms. The number of carbonyl (C=O) groups excluding carboxylic acids is 1. The minimum Gasteiger partial charge on any atom is -0.394 e. The molecule has 1 fully saturated rings. The largest absolute Gasteiger partial charge is 0.471 e. The minimum absolute atomic E-state index is 0.755. The standard InChI is InChI=1S/C8H12F3NO6/c9-8(10,11)7(17)12-3-5(15)4(14)2(1-13)18-6(3)16/h2-6,13-16H,1H2,(H,12,17)/t2?,3?,4-,5+,6+/m0/s1. The molecule has 0 aromatic heterocycles. The Morgan fingerprint density at radius 2 is 1.78 bits per heavy atom. The molecular formula is C8H12F3NO6. The van der Waals surface area contributed by atoms with Gasteiger partial charge in [0.2, 0.25) is 0 Å². The van der Waals surface area contributed by atoms with Crippen LogP contribution in [-0.4, -0.2) is 69.8 Å². The molecule has 0 bridgehead atoms. The van der Waals surface area contributed by atoms with Crippen molar-refractivity contribution in [2.75, 3.05) is 6.61 Å². The van der Waals surface area contributed by atoms with Gasteiger partial charge >= 0.3 is 12.1 Å². The van der Waals surface area contributed by atoms with Gasteiger partial charge in [-0.25, -0.2) is 0 Å². The van der Waals surface area contributed by atoms with Crippen LogP contribution >= 0.6 is 0 Å². The highest BCUT2D eigenvalue weighted by Gasteiger charge is 2.48. The Hall–Kier alpha value is -0.940. The van der Waals surface area contributed by atoms with E-state index in [-0.39, 0.29) is 0 Å². The fourth-order valence-electron chi connectivity index (χ4n) is 1.49. The van der Waals surface area contributed by atoms with Gasteiger partial charge in [0.25, 0.3) is 0 Å². The molecule has 106 valence electrons. The van der Waals surface area contributed by atoms with Crippen LogP contribution in [0.3, 0.4) is 0 Å². The maximum atomic E-state index is 12.0. The van der Waals surface area contributed by atoms with E-state index in [4.69, 9.17) is 5.11 Å². The molecule has 0 aromatic carbocycles. The summed E-state index contributed by atoms with van der Waals surface area (Å²) in [5, 5.41) is 38.1. The van der Waals surface area contributed by atoms with Crippen LogP contribution in [-0.2, 0) is 9.53 Å². The topological polar surface area (TPSA) is 119 Å². The minimum atomic E-state index is -5.20. The maximum absolute atomic E-state index is 12.0. The molecule has 0 aliphatic carbocycles. The number of rotatable bonds is 2. The Bertz CT molecular complexity index is 312. The first-order chi connectivity index (χ1) is 8.18. The van der Waals surface area contributed by atoms with Gasteiger partial charge in [-0.1, -0.05) is 0 Å². The second-order valence-electron chi connectivity index (χ2n) is 3.73. The van der Waals surface area contributed by atoms with E-state index in [1.807, 2.05) is 0 Å². The van der Waals surface area contributed by atoms with Gasteiger partial charge < -0.3 is 30.5 Å². The van der Waals surface area contributed by atoms with E-state index in [0.717, 1.165) is 0 Å². The number of aliphatic hydroxyl groups excluding tert-OH is 4. The van der Waals surface area contributed by atoms with Crippen LogP contribution in [0.2, 0.25) is 0 Å². The highest BCUT2D eigenvalue weighted by molar-refractivity contribution is 5.82. The van der Waals surface area contributed by atoms with Crippen molar-refractivity contribution in [2.45, 2.75) is 36.8 Å². The number of carbonyl (C=O) groups is 1. The van der Waals surface area contributed by atoms with E-state index < -0.39 is 49.3 Å². The molecule has 0 radical (unpaired) electrons. The maximum Gasteiger partial charge on any atom is 0.471 e. The van der Waals surface area contributed by atoms with Crippen molar-refractivity contribution in [2.24, 2.45) is 0 Å². The molecule has 1 aliphatic heterocycles. The van der Waals surface area contributed by atoms with E-state index in [1.165, 1.54) is 5.32 Å². The molecular weight excluding hydrogens is 263 g/mol. The lowest BCUT2D eigenvalue weighted by Crippen LogP contribution is -2.65. The van der Waals surface area contributed by atoms with Crippen molar-refractivity contribution in [3.8, 4) is 0 Å². The molecule has 0 spiro atoms. The lowest BCUT2D eigenvalue weighted by molar-refractivity contribution is -0.256. The van der Waals surface area contributed by atoms with Gasteiger partial charge in [-0.3, -0.25) is 4.79 Å². The molecule has 2 unspecified atom stereocenters. The number of ether oxygens (including phenoxy) is 1. The van der Waals surface area contributed by atoms with Gasteiger partial charge in [-0.05, 0) is 0 Å². The second kappa shape index (κ2) is 5.36. The molecule has 10 heteroatoms. The summed E-state index contributed by atoms with van der Waals surface area (Å²) in [7, 11) is 0. The summed E-state index contributed by atoms with van der Waals surface area (Å²) >= 11 is 0. The van der Waals surface area contributed by atoms with Gasteiger partial charge in [0.05, 0.1) is 6.61 Å². The zero-order chi connectivity index (χ0) is 14.1. The third kappa shape index (κ3) is 3.09. The number of hydrogen-bond donors (Lipinski definition) is 5. The number of amides is 1. The average Bonchev–Trinajstić information content (AvgIpc) is 2.27. The summed E-state index contributed by atoms with van der Waals surface area (Å²) in [6, 6.07) is -1.85. The van der Waals surface area contributed by atoms with Crippen LogP contribution in [0, 0.1) is 0 Å². The predicted octanol–water partition coefficient (Wildman–Crippen LogP) is -2.54. The second-order valence-corrected chi connectivity index (χ2v) is 3.73. The van der Waals surface area contributed by atoms with E-state index in [1.54, 1.807) is 0 Å². The van der Waals surface area contributed by atoms with E-state index in [2.05, 4.69) is 4.74 Å². The molecule has 0 saturated carbocycles. The van der Waals surface area contributed by atoms with E-state index in [9.17, 15) is 33.3 Å². The van der Waals surface area contributed by atoms with E-state index in [0.29, 0.717) is 0 Å². The van der Waals surface area contributed by atoms with Crippen LogP contribution in [0.25, 0.3) is 0 Å². The van der Waals surface area contributed by atoms with Crippen LogP contribution in [0.1, 0.15) is 0 Å². The number of aliphatic hydroxyl groups is 4. The van der Waals surface area contributed by atoms with Crippen LogP contribution in [0.5, 0.6) is 0 Å². The van der Waals surface area contributed by atoms with Gasteiger partial charge in [0, 0.05) is 0 Å². The lowest BCUT2D eigenvalue weighted by atomic mass is 9.97. The van der Waals surface area contributed by atoms with Crippen molar-refractivity contribution >= 4 is 5.91 Å². The highest BCUT2D eigenvalue weighted by atomic mass is 19.4. The lowest BCUT2D eigenvalue weighted by Gasteiger charge is -2.40. The molecule has 5 atom stereocenters.